The van der Waals surface area contributed by atoms with Crippen LogP contribution in [0.5, 0.6) is 0 Å². The molecule has 0 spiro atoms. The minimum absolute atomic E-state index is 0.0940. The molecule has 27 heavy (non-hydrogen) atoms. The average molecular weight is 372 g/mol. The topological polar surface area (TPSA) is 77.2 Å². The van der Waals surface area contributed by atoms with Gasteiger partial charge in [-0.05, 0) is 32.4 Å². The van der Waals surface area contributed by atoms with Gasteiger partial charge in [0.2, 0.25) is 0 Å². The molecule has 1 fully saturated rings. The van der Waals surface area contributed by atoms with Gasteiger partial charge in [0, 0.05) is 56.6 Å². The highest BCUT2D eigenvalue weighted by atomic mass is 16.5. The maximum absolute atomic E-state index is 12.4. The summed E-state index contributed by atoms with van der Waals surface area (Å²) >= 11 is 0. The zero-order valence-corrected chi connectivity index (χ0v) is 16.1. The molecular formula is C19H28N6O2. The summed E-state index contributed by atoms with van der Waals surface area (Å²) in [5.41, 5.74) is 4.20. The molecule has 2 aliphatic rings. The molecule has 1 unspecified atom stereocenters. The van der Waals surface area contributed by atoms with Crippen molar-refractivity contribution in [3.8, 4) is 0 Å². The first-order chi connectivity index (χ1) is 13.1. The summed E-state index contributed by atoms with van der Waals surface area (Å²) in [6.45, 7) is 7.16. The number of hydrogen-bond donors (Lipinski definition) is 1. The Kier molecular flexibility index (Phi) is 5.27. The fourth-order valence-corrected chi connectivity index (χ4v) is 4.09. The number of aromatic nitrogens is 4. The Hall–Kier alpha value is -2.19. The molecular weight excluding hydrogens is 344 g/mol. The lowest BCUT2D eigenvalue weighted by Crippen LogP contribution is -2.47. The second-order valence-electron chi connectivity index (χ2n) is 7.41. The lowest BCUT2D eigenvalue weighted by molar-refractivity contribution is 0.0892. The number of amides is 1. The van der Waals surface area contributed by atoms with E-state index in [4.69, 9.17) is 9.84 Å². The molecule has 4 rings (SSSR count). The van der Waals surface area contributed by atoms with Crippen molar-refractivity contribution >= 4 is 5.91 Å². The highest BCUT2D eigenvalue weighted by Gasteiger charge is 2.26. The monoisotopic (exact) mass is 372 g/mol. The second-order valence-corrected chi connectivity index (χ2v) is 7.41. The van der Waals surface area contributed by atoms with Crippen LogP contribution in [0.15, 0.2) is 12.3 Å². The standard InChI is InChI=1S/C19H28N6O2/c1-3-25-18-7-10-27-13-15(18)17(22-25)12-24-8-4-5-14(11-24)20-19(26)16-6-9-23(2)21-16/h6,9,14H,3-5,7-8,10-13H2,1-2H3,(H,20,26). The number of hydrogen-bond acceptors (Lipinski definition) is 5. The summed E-state index contributed by atoms with van der Waals surface area (Å²) in [5.74, 6) is -0.0940. The van der Waals surface area contributed by atoms with E-state index in [-0.39, 0.29) is 11.9 Å². The van der Waals surface area contributed by atoms with Gasteiger partial charge in [-0.25, -0.2) is 0 Å². The Balaban J connectivity index is 1.40. The number of piperidine rings is 1. The molecule has 2 aromatic rings. The average Bonchev–Trinajstić information content (AvgIpc) is 3.26. The van der Waals surface area contributed by atoms with E-state index in [9.17, 15) is 4.79 Å². The van der Waals surface area contributed by atoms with Crippen LogP contribution >= 0.6 is 0 Å². The van der Waals surface area contributed by atoms with E-state index < -0.39 is 0 Å². The third kappa shape index (κ3) is 3.91. The van der Waals surface area contributed by atoms with Gasteiger partial charge in [-0.1, -0.05) is 0 Å². The zero-order chi connectivity index (χ0) is 18.8. The first kappa shape index (κ1) is 18.2. The van der Waals surface area contributed by atoms with Gasteiger partial charge < -0.3 is 10.1 Å². The van der Waals surface area contributed by atoms with E-state index in [1.165, 1.54) is 11.3 Å². The molecule has 1 N–H and O–H groups in total. The van der Waals surface area contributed by atoms with Gasteiger partial charge in [-0.3, -0.25) is 19.1 Å². The fraction of sp³-hybridized carbons (Fsp3) is 0.632. The normalized spacial score (nSPS) is 20.4. The fourth-order valence-electron chi connectivity index (χ4n) is 4.09. The van der Waals surface area contributed by atoms with E-state index in [1.807, 2.05) is 7.05 Å². The second kappa shape index (κ2) is 7.82. The van der Waals surface area contributed by atoms with Gasteiger partial charge in [0.25, 0.3) is 5.91 Å². The summed E-state index contributed by atoms with van der Waals surface area (Å²) in [5, 5.41) is 12.2. The largest absolute Gasteiger partial charge is 0.376 e. The summed E-state index contributed by atoms with van der Waals surface area (Å²) in [4.78, 5) is 14.8. The van der Waals surface area contributed by atoms with E-state index in [0.29, 0.717) is 12.3 Å². The van der Waals surface area contributed by atoms with Crippen LogP contribution in [0.2, 0.25) is 0 Å². The molecule has 8 heteroatoms. The molecule has 0 saturated carbocycles. The van der Waals surface area contributed by atoms with Crippen LogP contribution in [0.25, 0.3) is 0 Å². The van der Waals surface area contributed by atoms with Crippen molar-refractivity contribution in [1.82, 2.24) is 29.8 Å². The lowest BCUT2D eigenvalue weighted by atomic mass is 10.0. The maximum Gasteiger partial charge on any atom is 0.272 e. The van der Waals surface area contributed by atoms with Crippen LogP contribution in [0.3, 0.4) is 0 Å². The number of nitrogens with zero attached hydrogens (tertiary/aromatic N) is 5. The summed E-state index contributed by atoms with van der Waals surface area (Å²) in [6.07, 6.45) is 4.80. The number of likely N-dealkylation sites (tertiary alicyclic amines) is 1. The van der Waals surface area contributed by atoms with Gasteiger partial charge in [-0.2, -0.15) is 10.2 Å². The maximum atomic E-state index is 12.4. The molecule has 146 valence electrons. The molecule has 0 radical (unpaired) electrons. The lowest BCUT2D eigenvalue weighted by Gasteiger charge is -2.32. The third-order valence-corrected chi connectivity index (χ3v) is 5.44. The third-order valence-electron chi connectivity index (χ3n) is 5.44. The Morgan fingerprint density at radius 2 is 2.30 bits per heavy atom. The Labute approximate surface area is 159 Å². The molecule has 2 aromatic heterocycles. The quantitative estimate of drug-likeness (QED) is 0.851. The molecule has 1 saturated heterocycles. The number of carbonyl (C=O) groups excluding carboxylic acids is 1. The zero-order valence-electron chi connectivity index (χ0n) is 16.1. The van der Waals surface area contributed by atoms with Gasteiger partial charge in [0.1, 0.15) is 5.69 Å². The van der Waals surface area contributed by atoms with Crippen molar-refractivity contribution < 1.29 is 9.53 Å². The SMILES string of the molecule is CCn1nc(CN2CCCC(NC(=O)c3ccn(C)n3)C2)c2c1CCOC2. The summed E-state index contributed by atoms with van der Waals surface area (Å²) < 4.78 is 9.44. The first-order valence-corrected chi connectivity index (χ1v) is 9.82. The van der Waals surface area contributed by atoms with Gasteiger partial charge >= 0.3 is 0 Å². The summed E-state index contributed by atoms with van der Waals surface area (Å²) in [7, 11) is 1.82. The molecule has 1 atom stereocenters. The van der Waals surface area contributed by atoms with Crippen molar-refractivity contribution in [2.45, 2.75) is 51.9 Å². The highest BCUT2D eigenvalue weighted by Crippen LogP contribution is 2.23. The van der Waals surface area contributed by atoms with Crippen LogP contribution in [0.4, 0.5) is 0 Å². The molecule has 0 aliphatic carbocycles. The molecule has 0 bridgehead atoms. The van der Waals surface area contributed by atoms with Crippen molar-refractivity contribution in [3.05, 3.63) is 34.9 Å². The van der Waals surface area contributed by atoms with Crippen LogP contribution < -0.4 is 5.32 Å². The number of fused-ring (bicyclic) bond motifs is 1. The minimum atomic E-state index is -0.0940. The Bertz CT molecular complexity index is 811. The van der Waals surface area contributed by atoms with Gasteiger partial charge in [0.15, 0.2) is 0 Å². The van der Waals surface area contributed by atoms with E-state index in [2.05, 4.69) is 26.9 Å². The van der Waals surface area contributed by atoms with Crippen LogP contribution in [0, 0.1) is 0 Å². The molecule has 1 amide bonds. The van der Waals surface area contributed by atoms with Crippen molar-refractivity contribution in [2.24, 2.45) is 7.05 Å². The van der Waals surface area contributed by atoms with Crippen molar-refractivity contribution in [2.75, 3.05) is 19.7 Å². The predicted molar refractivity (Wildman–Crippen MR) is 100 cm³/mol. The van der Waals surface area contributed by atoms with Crippen LogP contribution in [0.1, 0.15) is 47.2 Å². The van der Waals surface area contributed by atoms with Gasteiger partial charge in [-0.15, -0.1) is 0 Å². The predicted octanol–water partition coefficient (Wildman–Crippen LogP) is 1.10. The Morgan fingerprint density at radius 1 is 1.41 bits per heavy atom. The van der Waals surface area contributed by atoms with Crippen LogP contribution in [-0.2, 0) is 37.9 Å². The van der Waals surface area contributed by atoms with Gasteiger partial charge in [0.05, 0.1) is 18.9 Å². The minimum Gasteiger partial charge on any atom is -0.376 e. The van der Waals surface area contributed by atoms with Crippen molar-refractivity contribution in [3.63, 3.8) is 0 Å². The Morgan fingerprint density at radius 3 is 3.07 bits per heavy atom. The number of nitrogens with one attached hydrogen (secondary N) is 1. The van der Waals surface area contributed by atoms with E-state index >= 15 is 0 Å². The van der Waals surface area contributed by atoms with E-state index in [1.54, 1.807) is 16.9 Å². The number of rotatable bonds is 5. The highest BCUT2D eigenvalue weighted by molar-refractivity contribution is 5.92. The molecule has 8 nitrogen and oxygen atoms in total. The summed E-state index contributed by atoms with van der Waals surface area (Å²) in [6, 6.07) is 1.90. The number of aryl methyl sites for hydroxylation is 2. The van der Waals surface area contributed by atoms with E-state index in [0.717, 1.165) is 57.7 Å². The first-order valence-electron chi connectivity index (χ1n) is 9.82. The number of ether oxygens (including phenoxy) is 1. The molecule has 0 aromatic carbocycles. The number of carbonyl (C=O) groups is 1. The molecule has 4 heterocycles. The van der Waals surface area contributed by atoms with Crippen molar-refractivity contribution in [1.29, 1.82) is 0 Å². The smallest absolute Gasteiger partial charge is 0.272 e. The van der Waals surface area contributed by atoms with Crippen LogP contribution in [-0.4, -0.2) is 56.1 Å². The molecule has 2 aliphatic heterocycles.